The van der Waals surface area contributed by atoms with Crippen LogP contribution in [-0.4, -0.2) is 17.5 Å². The van der Waals surface area contributed by atoms with Gasteiger partial charge in [-0.05, 0) is 42.5 Å². The van der Waals surface area contributed by atoms with Crippen molar-refractivity contribution < 1.29 is 13.9 Å². The van der Waals surface area contributed by atoms with Crippen LogP contribution in [-0.2, 0) is 4.79 Å². The molecule has 0 radical (unpaired) electrons. The van der Waals surface area contributed by atoms with Crippen molar-refractivity contribution in [1.29, 1.82) is 0 Å². The second kappa shape index (κ2) is 9.19. The highest BCUT2D eigenvalue weighted by molar-refractivity contribution is 7.14. The topological polar surface area (TPSA) is 63.2 Å². The first-order valence-electron chi connectivity index (χ1n) is 9.22. The summed E-state index contributed by atoms with van der Waals surface area (Å²) in [7, 11) is 0. The molecule has 7 heteroatoms. The van der Waals surface area contributed by atoms with Crippen LogP contribution in [0, 0.1) is 5.82 Å². The average Bonchev–Trinajstić information content (AvgIpc) is 3.22. The summed E-state index contributed by atoms with van der Waals surface area (Å²) in [5.41, 5.74) is 2.91. The Kier molecular flexibility index (Phi) is 6.01. The van der Waals surface area contributed by atoms with E-state index in [1.165, 1.54) is 23.5 Å². The van der Waals surface area contributed by atoms with E-state index in [1.807, 2.05) is 47.8 Å². The van der Waals surface area contributed by atoms with Crippen molar-refractivity contribution in [3.05, 3.63) is 90.1 Å². The van der Waals surface area contributed by atoms with Crippen LogP contribution in [0.25, 0.3) is 11.3 Å². The molecule has 0 fully saturated rings. The molecular formula is C23H18FN3O2S. The number of nitrogens with one attached hydrogen (secondary N) is 2. The minimum absolute atomic E-state index is 0.0767. The normalized spacial score (nSPS) is 10.4. The predicted octanol–water partition coefficient (Wildman–Crippen LogP) is 5.71. The fourth-order valence-corrected chi connectivity index (χ4v) is 3.51. The lowest BCUT2D eigenvalue weighted by molar-refractivity contribution is -0.118. The fraction of sp³-hybridized carbons (Fsp3) is 0.0435. The molecule has 0 bridgehead atoms. The molecule has 1 heterocycles. The van der Waals surface area contributed by atoms with Gasteiger partial charge in [0.05, 0.1) is 5.69 Å². The number of halogens is 1. The van der Waals surface area contributed by atoms with Gasteiger partial charge in [-0.15, -0.1) is 11.3 Å². The van der Waals surface area contributed by atoms with Crippen molar-refractivity contribution in [2.45, 2.75) is 0 Å². The second-order valence-corrected chi connectivity index (χ2v) is 7.26. The molecule has 150 valence electrons. The van der Waals surface area contributed by atoms with Crippen LogP contribution < -0.4 is 15.4 Å². The molecule has 0 saturated heterocycles. The van der Waals surface area contributed by atoms with Crippen LogP contribution in [0.5, 0.6) is 5.75 Å². The molecule has 5 nitrogen and oxygen atoms in total. The maximum absolute atomic E-state index is 13.3. The average molecular weight is 419 g/mol. The first-order valence-corrected chi connectivity index (χ1v) is 10.1. The van der Waals surface area contributed by atoms with Gasteiger partial charge < -0.3 is 15.4 Å². The summed E-state index contributed by atoms with van der Waals surface area (Å²) in [6.45, 7) is -0.0767. The van der Waals surface area contributed by atoms with Crippen molar-refractivity contribution >= 4 is 33.8 Å². The summed E-state index contributed by atoms with van der Waals surface area (Å²) in [6.07, 6.45) is 0. The molecule has 0 atom stereocenters. The van der Waals surface area contributed by atoms with Crippen molar-refractivity contribution in [2.24, 2.45) is 0 Å². The molecule has 30 heavy (non-hydrogen) atoms. The molecule has 0 unspecified atom stereocenters. The van der Waals surface area contributed by atoms with E-state index in [0.29, 0.717) is 22.3 Å². The van der Waals surface area contributed by atoms with Gasteiger partial charge >= 0.3 is 0 Å². The van der Waals surface area contributed by atoms with Crippen LogP contribution in [0.1, 0.15) is 0 Å². The van der Waals surface area contributed by atoms with Gasteiger partial charge in [0, 0.05) is 22.3 Å². The van der Waals surface area contributed by atoms with E-state index in [4.69, 9.17) is 4.74 Å². The van der Waals surface area contributed by atoms with Gasteiger partial charge in [0.25, 0.3) is 5.91 Å². The van der Waals surface area contributed by atoms with Crippen LogP contribution in [0.2, 0.25) is 0 Å². The van der Waals surface area contributed by atoms with Gasteiger partial charge in [-0.3, -0.25) is 4.79 Å². The largest absolute Gasteiger partial charge is 0.484 e. The van der Waals surface area contributed by atoms with E-state index >= 15 is 0 Å². The Hall–Kier alpha value is -3.71. The number of hydrogen-bond donors (Lipinski definition) is 2. The molecule has 4 rings (SSSR count). The Balaban J connectivity index is 1.39. The maximum atomic E-state index is 13.3. The summed E-state index contributed by atoms with van der Waals surface area (Å²) in [6, 6.07) is 22.8. The number of carbonyl (C=O) groups is 1. The van der Waals surface area contributed by atoms with Crippen LogP contribution >= 0.6 is 11.3 Å². The van der Waals surface area contributed by atoms with Crippen molar-refractivity contribution in [1.82, 2.24) is 4.98 Å². The molecular weight excluding hydrogens is 401 g/mol. The van der Waals surface area contributed by atoms with E-state index in [2.05, 4.69) is 15.6 Å². The zero-order chi connectivity index (χ0) is 20.8. The number of thiazole rings is 1. The number of amides is 1. The molecule has 1 amide bonds. The molecule has 1 aromatic heterocycles. The molecule has 0 aliphatic heterocycles. The number of rotatable bonds is 7. The number of aromatic nitrogens is 1. The SMILES string of the molecule is O=C(COc1ccccc1)Nc1cccc(-c2csc(Nc3cccc(F)c3)n2)c1. The van der Waals surface area contributed by atoms with Crippen LogP contribution in [0.4, 0.5) is 20.9 Å². The third-order valence-corrected chi connectivity index (χ3v) is 4.89. The van der Waals surface area contributed by atoms with E-state index in [1.54, 1.807) is 24.3 Å². The highest BCUT2D eigenvalue weighted by Gasteiger charge is 2.08. The number of anilines is 3. The Morgan fingerprint density at radius 1 is 0.967 bits per heavy atom. The summed E-state index contributed by atoms with van der Waals surface area (Å²) in [4.78, 5) is 16.7. The lowest BCUT2D eigenvalue weighted by Crippen LogP contribution is -2.20. The van der Waals surface area contributed by atoms with Crippen LogP contribution in [0.15, 0.2) is 84.2 Å². The van der Waals surface area contributed by atoms with Crippen molar-refractivity contribution in [3.63, 3.8) is 0 Å². The lowest BCUT2D eigenvalue weighted by Gasteiger charge is -2.08. The van der Waals surface area contributed by atoms with Crippen molar-refractivity contribution in [2.75, 3.05) is 17.2 Å². The standard InChI is InChI=1S/C23H18FN3O2S/c24-17-7-5-9-19(13-17)26-23-27-21(15-30-23)16-6-4-8-18(12-16)25-22(28)14-29-20-10-2-1-3-11-20/h1-13,15H,14H2,(H,25,28)(H,26,27). The third kappa shape index (κ3) is 5.21. The van der Waals surface area contributed by atoms with Gasteiger partial charge in [-0.1, -0.05) is 36.4 Å². The van der Waals surface area contributed by atoms with Crippen LogP contribution in [0.3, 0.4) is 0 Å². The summed E-state index contributed by atoms with van der Waals surface area (Å²) in [5, 5.41) is 8.48. The Morgan fingerprint density at radius 3 is 2.60 bits per heavy atom. The van der Waals surface area contributed by atoms with Crippen molar-refractivity contribution in [3.8, 4) is 17.0 Å². The third-order valence-electron chi connectivity index (χ3n) is 4.14. The zero-order valence-corrected chi connectivity index (χ0v) is 16.7. The zero-order valence-electron chi connectivity index (χ0n) is 15.8. The van der Waals surface area contributed by atoms with E-state index in [-0.39, 0.29) is 18.3 Å². The molecule has 3 aromatic carbocycles. The number of carbonyl (C=O) groups excluding carboxylic acids is 1. The monoisotopic (exact) mass is 419 g/mol. The molecule has 0 aliphatic carbocycles. The smallest absolute Gasteiger partial charge is 0.262 e. The minimum Gasteiger partial charge on any atom is -0.484 e. The van der Waals surface area contributed by atoms with Gasteiger partial charge in [0.15, 0.2) is 11.7 Å². The Morgan fingerprint density at radius 2 is 1.77 bits per heavy atom. The number of nitrogens with zero attached hydrogens (tertiary/aromatic N) is 1. The van der Waals surface area contributed by atoms with E-state index in [9.17, 15) is 9.18 Å². The molecule has 0 aliphatic rings. The number of benzene rings is 3. The Bertz CT molecular complexity index is 1150. The second-order valence-electron chi connectivity index (χ2n) is 6.40. The molecule has 2 N–H and O–H groups in total. The molecule has 0 spiro atoms. The molecule has 0 saturated carbocycles. The van der Waals surface area contributed by atoms with Gasteiger partial charge in [0.1, 0.15) is 11.6 Å². The fourth-order valence-electron chi connectivity index (χ4n) is 2.77. The first-order chi connectivity index (χ1) is 14.7. The van der Waals surface area contributed by atoms with Gasteiger partial charge in [-0.25, -0.2) is 9.37 Å². The van der Waals surface area contributed by atoms with Gasteiger partial charge in [-0.2, -0.15) is 0 Å². The highest BCUT2D eigenvalue weighted by atomic mass is 32.1. The van der Waals surface area contributed by atoms with E-state index < -0.39 is 0 Å². The highest BCUT2D eigenvalue weighted by Crippen LogP contribution is 2.28. The summed E-state index contributed by atoms with van der Waals surface area (Å²) < 4.78 is 18.8. The predicted molar refractivity (Wildman–Crippen MR) is 118 cm³/mol. The van der Waals surface area contributed by atoms with Gasteiger partial charge in [0.2, 0.25) is 0 Å². The quantitative estimate of drug-likeness (QED) is 0.403. The summed E-state index contributed by atoms with van der Waals surface area (Å²) >= 11 is 1.42. The minimum atomic E-state index is -0.309. The first kappa shape index (κ1) is 19.6. The Labute approximate surface area is 177 Å². The van der Waals surface area contributed by atoms with E-state index in [0.717, 1.165) is 11.3 Å². The number of para-hydroxylation sites is 1. The lowest BCUT2D eigenvalue weighted by atomic mass is 10.1. The number of ether oxygens (including phenoxy) is 1. The number of hydrogen-bond acceptors (Lipinski definition) is 5. The maximum Gasteiger partial charge on any atom is 0.262 e. The molecule has 4 aromatic rings. The summed E-state index contributed by atoms with van der Waals surface area (Å²) in [5.74, 6) is 0.0846.